The number of aliphatic hydroxyl groups is 1. The first-order valence-corrected chi connectivity index (χ1v) is 6.41. The molecule has 0 aromatic rings. The number of ether oxygens (including phenoxy) is 1. The molecule has 0 aliphatic carbocycles. The Hall–Kier alpha value is -0.610. The van der Waals surface area contributed by atoms with Crippen LogP contribution in [0.25, 0.3) is 0 Å². The van der Waals surface area contributed by atoms with Crippen LogP contribution in [0.3, 0.4) is 0 Å². The molecule has 0 aliphatic rings. The molecule has 0 aromatic carbocycles. The van der Waals surface area contributed by atoms with E-state index in [9.17, 15) is 4.79 Å². The molecule has 0 bridgehead atoms. The second-order valence-corrected chi connectivity index (χ2v) is 5.39. The topological polar surface area (TPSA) is 58.6 Å². The number of unbranched alkanes of at least 4 members (excludes halogenated alkanes) is 1. The maximum atomic E-state index is 11.4. The third-order valence-electron chi connectivity index (χ3n) is 2.72. The zero-order chi connectivity index (χ0) is 13.3. The molecule has 0 rings (SSSR count). The van der Waals surface area contributed by atoms with Crippen molar-refractivity contribution in [2.45, 2.75) is 53.0 Å². The first-order valence-electron chi connectivity index (χ1n) is 6.41. The molecule has 17 heavy (non-hydrogen) atoms. The van der Waals surface area contributed by atoms with E-state index in [1.165, 1.54) is 0 Å². The maximum absolute atomic E-state index is 11.4. The van der Waals surface area contributed by atoms with Crippen LogP contribution in [0, 0.1) is 5.41 Å². The third kappa shape index (κ3) is 8.16. The maximum Gasteiger partial charge on any atom is 0.319 e. The monoisotopic (exact) mass is 245 g/mol. The first-order chi connectivity index (χ1) is 7.91. The molecule has 0 spiro atoms. The molecule has 0 saturated carbocycles. The molecule has 0 aliphatic heterocycles. The van der Waals surface area contributed by atoms with Crippen molar-refractivity contribution in [3.05, 3.63) is 0 Å². The normalized spacial score (nSPS) is 13.5. The number of hydrogen-bond donors (Lipinski definition) is 2. The highest BCUT2D eigenvalue weighted by Crippen LogP contribution is 2.21. The zero-order valence-corrected chi connectivity index (χ0v) is 11.6. The van der Waals surface area contributed by atoms with Crippen LogP contribution in [0.4, 0.5) is 0 Å². The van der Waals surface area contributed by atoms with Gasteiger partial charge in [0.25, 0.3) is 0 Å². The van der Waals surface area contributed by atoms with Gasteiger partial charge in [-0.15, -0.1) is 0 Å². The van der Waals surface area contributed by atoms with Crippen molar-refractivity contribution in [3.63, 3.8) is 0 Å². The predicted molar refractivity (Wildman–Crippen MR) is 68.8 cm³/mol. The van der Waals surface area contributed by atoms with Crippen LogP contribution >= 0.6 is 0 Å². The molecule has 0 aromatic heterocycles. The van der Waals surface area contributed by atoms with Gasteiger partial charge in [-0.05, 0) is 18.3 Å². The van der Waals surface area contributed by atoms with Crippen LogP contribution in [-0.2, 0) is 9.53 Å². The van der Waals surface area contributed by atoms with E-state index in [-0.39, 0.29) is 30.6 Å². The van der Waals surface area contributed by atoms with E-state index < -0.39 is 0 Å². The van der Waals surface area contributed by atoms with Crippen LogP contribution < -0.4 is 5.32 Å². The fourth-order valence-electron chi connectivity index (χ4n) is 1.56. The van der Waals surface area contributed by atoms with Crippen molar-refractivity contribution in [1.82, 2.24) is 5.32 Å². The fraction of sp³-hybridized carbons (Fsp3) is 0.923. The molecule has 0 saturated heterocycles. The minimum Gasteiger partial charge on any atom is -0.465 e. The van der Waals surface area contributed by atoms with Gasteiger partial charge in [-0.3, -0.25) is 4.79 Å². The van der Waals surface area contributed by atoms with Crippen LogP contribution in [0.15, 0.2) is 0 Å². The van der Waals surface area contributed by atoms with Gasteiger partial charge in [0.1, 0.15) is 0 Å². The molecule has 4 heteroatoms. The van der Waals surface area contributed by atoms with Gasteiger partial charge in [0.15, 0.2) is 0 Å². The molecule has 0 fully saturated rings. The largest absolute Gasteiger partial charge is 0.465 e. The fourth-order valence-corrected chi connectivity index (χ4v) is 1.56. The number of rotatable bonds is 8. The van der Waals surface area contributed by atoms with Crippen LogP contribution in [0.5, 0.6) is 0 Å². The molecule has 0 heterocycles. The molecule has 1 unspecified atom stereocenters. The lowest BCUT2D eigenvalue weighted by atomic mass is 9.85. The Morgan fingerprint density at radius 2 is 2.06 bits per heavy atom. The molecule has 4 nitrogen and oxygen atoms in total. The van der Waals surface area contributed by atoms with Crippen molar-refractivity contribution in [2.24, 2.45) is 5.41 Å². The van der Waals surface area contributed by atoms with Crippen LogP contribution in [0.1, 0.15) is 47.0 Å². The summed E-state index contributed by atoms with van der Waals surface area (Å²) in [5, 5.41) is 12.1. The molecule has 102 valence electrons. The van der Waals surface area contributed by atoms with Crippen molar-refractivity contribution < 1.29 is 14.6 Å². The van der Waals surface area contributed by atoms with Crippen molar-refractivity contribution in [2.75, 3.05) is 19.8 Å². The predicted octanol–water partition coefficient (Wildman–Crippen LogP) is 1.72. The van der Waals surface area contributed by atoms with Gasteiger partial charge in [0.2, 0.25) is 0 Å². The van der Waals surface area contributed by atoms with E-state index in [1.807, 2.05) is 0 Å². The number of nitrogens with one attached hydrogen (secondary N) is 1. The highest BCUT2D eigenvalue weighted by atomic mass is 16.5. The second kappa shape index (κ2) is 8.48. The average Bonchev–Trinajstić information content (AvgIpc) is 2.23. The minimum absolute atomic E-state index is 0.0203. The Morgan fingerprint density at radius 1 is 1.41 bits per heavy atom. The van der Waals surface area contributed by atoms with E-state index >= 15 is 0 Å². The lowest BCUT2D eigenvalue weighted by molar-refractivity contribution is -0.142. The van der Waals surface area contributed by atoms with E-state index in [0.717, 1.165) is 12.8 Å². The van der Waals surface area contributed by atoms with E-state index in [2.05, 4.69) is 33.0 Å². The molecule has 0 amide bonds. The van der Waals surface area contributed by atoms with Crippen molar-refractivity contribution >= 4 is 5.97 Å². The van der Waals surface area contributed by atoms with E-state index in [0.29, 0.717) is 13.0 Å². The van der Waals surface area contributed by atoms with E-state index in [1.54, 1.807) is 0 Å². The number of carbonyl (C=O) groups is 1. The van der Waals surface area contributed by atoms with Crippen LogP contribution in [-0.4, -0.2) is 36.9 Å². The Bertz CT molecular complexity index is 211. The Labute approximate surface area is 105 Å². The summed E-state index contributed by atoms with van der Waals surface area (Å²) in [6, 6.07) is 0.117. The van der Waals surface area contributed by atoms with Crippen LogP contribution in [0.2, 0.25) is 0 Å². The Balaban J connectivity index is 3.92. The molecule has 1 atom stereocenters. The lowest BCUT2D eigenvalue weighted by Crippen LogP contribution is -2.43. The lowest BCUT2D eigenvalue weighted by Gasteiger charge is -2.31. The smallest absolute Gasteiger partial charge is 0.319 e. The summed E-state index contributed by atoms with van der Waals surface area (Å²) in [6.07, 6.45) is 2.58. The zero-order valence-electron chi connectivity index (χ0n) is 11.6. The summed E-state index contributed by atoms with van der Waals surface area (Å²) >= 11 is 0. The molecular weight excluding hydrogens is 218 g/mol. The van der Waals surface area contributed by atoms with Gasteiger partial charge in [0, 0.05) is 12.6 Å². The van der Waals surface area contributed by atoms with E-state index in [4.69, 9.17) is 9.84 Å². The van der Waals surface area contributed by atoms with Gasteiger partial charge in [-0.2, -0.15) is 0 Å². The molecular formula is C13H27NO3. The summed E-state index contributed by atoms with van der Waals surface area (Å²) in [6.45, 7) is 9.15. The summed E-state index contributed by atoms with van der Waals surface area (Å²) < 4.78 is 5.06. The summed E-state index contributed by atoms with van der Waals surface area (Å²) in [4.78, 5) is 11.4. The average molecular weight is 245 g/mol. The summed E-state index contributed by atoms with van der Waals surface area (Å²) in [7, 11) is 0. The Morgan fingerprint density at radius 3 is 2.53 bits per heavy atom. The highest BCUT2D eigenvalue weighted by Gasteiger charge is 2.24. The van der Waals surface area contributed by atoms with Gasteiger partial charge >= 0.3 is 5.97 Å². The van der Waals surface area contributed by atoms with Gasteiger partial charge in [-0.1, -0.05) is 34.1 Å². The quantitative estimate of drug-likeness (QED) is 0.505. The second-order valence-electron chi connectivity index (χ2n) is 5.39. The molecule has 0 radical (unpaired) electrons. The number of aliphatic hydroxyl groups excluding tert-OH is 1. The van der Waals surface area contributed by atoms with Gasteiger partial charge in [0.05, 0.1) is 13.2 Å². The van der Waals surface area contributed by atoms with Crippen molar-refractivity contribution in [3.8, 4) is 0 Å². The Kier molecular flexibility index (Phi) is 8.17. The number of esters is 1. The first kappa shape index (κ1) is 16.4. The van der Waals surface area contributed by atoms with Crippen molar-refractivity contribution in [1.29, 1.82) is 0 Å². The summed E-state index contributed by atoms with van der Waals surface area (Å²) in [5.41, 5.74) is 0.0203. The highest BCUT2D eigenvalue weighted by molar-refractivity contribution is 5.71. The van der Waals surface area contributed by atoms with Gasteiger partial charge in [-0.25, -0.2) is 0 Å². The minimum atomic E-state index is -0.217. The third-order valence-corrected chi connectivity index (χ3v) is 2.72. The summed E-state index contributed by atoms with van der Waals surface area (Å²) in [5.74, 6) is -0.217. The molecule has 2 N–H and O–H groups in total. The number of carbonyl (C=O) groups excluding carboxylic acids is 1. The standard InChI is InChI=1S/C13H27NO3/c1-5-6-9-17-12(16)10-14-11(7-8-15)13(2,3)4/h11,14-15H,5-10H2,1-4H3. The SMILES string of the molecule is CCCCOC(=O)CNC(CCO)C(C)(C)C. The number of hydrogen-bond acceptors (Lipinski definition) is 4. The van der Waals surface area contributed by atoms with Gasteiger partial charge < -0.3 is 15.2 Å².